The van der Waals surface area contributed by atoms with Crippen molar-refractivity contribution in [3.05, 3.63) is 18.6 Å². The van der Waals surface area contributed by atoms with Crippen LogP contribution in [0.5, 0.6) is 5.88 Å². The summed E-state index contributed by atoms with van der Waals surface area (Å²) >= 11 is 0. The zero-order valence-corrected chi connectivity index (χ0v) is 12.5. The fraction of sp³-hybridized carbons (Fsp3) is 0.667. The lowest BCUT2D eigenvalue weighted by atomic mass is 9.91. The van der Waals surface area contributed by atoms with Crippen LogP contribution in [0.25, 0.3) is 0 Å². The van der Waals surface area contributed by atoms with E-state index in [4.69, 9.17) is 4.74 Å². The van der Waals surface area contributed by atoms with E-state index in [0.29, 0.717) is 18.8 Å². The second kappa shape index (κ2) is 6.20. The van der Waals surface area contributed by atoms with Crippen LogP contribution >= 0.6 is 0 Å². The zero-order valence-electron chi connectivity index (χ0n) is 12.5. The number of piperidine rings is 1. The number of hydrogen-bond donors (Lipinski definition) is 0. The fourth-order valence-electron chi connectivity index (χ4n) is 2.35. The predicted octanol–water partition coefficient (Wildman–Crippen LogP) is 2.28. The molecule has 5 heteroatoms. The molecule has 1 unspecified atom stereocenters. The Bertz CT molecular complexity index is 442. The summed E-state index contributed by atoms with van der Waals surface area (Å²) in [7, 11) is 0. The number of hydrogen-bond acceptors (Lipinski definition) is 4. The van der Waals surface area contributed by atoms with Gasteiger partial charge in [0, 0.05) is 25.2 Å². The van der Waals surface area contributed by atoms with Crippen molar-refractivity contribution in [3.63, 3.8) is 0 Å². The van der Waals surface area contributed by atoms with Gasteiger partial charge in [-0.15, -0.1) is 0 Å². The van der Waals surface area contributed by atoms with Crippen LogP contribution in [0.3, 0.4) is 0 Å². The van der Waals surface area contributed by atoms with Crippen molar-refractivity contribution in [3.8, 4) is 5.88 Å². The molecule has 20 heavy (non-hydrogen) atoms. The number of ether oxygens (including phenoxy) is 1. The van der Waals surface area contributed by atoms with Gasteiger partial charge in [-0.1, -0.05) is 20.8 Å². The molecule has 0 saturated carbocycles. The molecule has 0 spiro atoms. The van der Waals surface area contributed by atoms with Gasteiger partial charge in [0.05, 0.1) is 6.54 Å². The molecule has 0 aliphatic carbocycles. The molecule has 1 amide bonds. The molecule has 1 fully saturated rings. The molecular formula is C15H23N3O2. The van der Waals surface area contributed by atoms with Crippen LogP contribution in [-0.4, -0.2) is 40.0 Å². The van der Waals surface area contributed by atoms with Crippen molar-refractivity contribution in [1.29, 1.82) is 0 Å². The van der Waals surface area contributed by atoms with E-state index < -0.39 is 0 Å². The van der Waals surface area contributed by atoms with Crippen LogP contribution in [0.4, 0.5) is 0 Å². The SMILES string of the molecule is CC(C)(C)CC(=O)N1CCCC(Oc2ccncn2)C1. The topological polar surface area (TPSA) is 55.3 Å². The Kier molecular flexibility index (Phi) is 4.57. The van der Waals surface area contributed by atoms with E-state index in [9.17, 15) is 4.79 Å². The van der Waals surface area contributed by atoms with Crippen molar-refractivity contribution in [2.24, 2.45) is 5.41 Å². The monoisotopic (exact) mass is 277 g/mol. The summed E-state index contributed by atoms with van der Waals surface area (Å²) in [5.74, 6) is 0.795. The summed E-state index contributed by atoms with van der Waals surface area (Å²) < 4.78 is 5.82. The minimum absolute atomic E-state index is 0.0253. The average Bonchev–Trinajstić information content (AvgIpc) is 2.38. The lowest BCUT2D eigenvalue weighted by Gasteiger charge is -2.34. The Morgan fingerprint density at radius 2 is 2.30 bits per heavy atom. The van der Waals surface area contributed by atoms with Crippen molar-refractivity contribution in [2.45, 2.75) is 46.1 Å². The van der Waals surface area contributed by atoms with Gasteiger partial charge in [0.2, 0.25) is 11.8 Å². The van der Waals surface area contributed by atoms with E-state index in [0.717, 1.165) is 19.4 Å². The molecule has 0 aromatic carbocycles. The Balaban J connectivity index is 1.90. The molecule has 0 N–H and O–H groups in total. The van der Waals surface area contributed by atoms with Crippen LogP contribution in [0, 0.1) is 5.41 Å². The van der Waals surface area contributed by atoms with Gasteiger partial charge in [0.25, 0.3) is 0 Å². The first-order chi connectivity index (χ1) is 9.44. The Morgan fingerprint density at radius 1 is 1.50 bits per heavy atom. The van der Waals surface area contributed by atoms with Crippen molar-refractivity contribution < 1.29 is 9.53 Å². The van der Waals surface area contributed by atoms with Crippen LogP contribution < -0.4 is 4.74 Å². The highest BCUT2D eigenvalue weighted by atomic mass is 16.5. The molecule has 5 nitrogen and oxygen atoms in total. The molecule has 1 aromatic heterocycles. The van der Waals surface area contributed by atoms with Gasteiger partial charge in [-0.2, -0.15) is 0 Å². The number of carbonyl (C=O) groups excluding carboxylic acids is 1. The molecular weight excluding hydrogens is 254 g/mol. The van der Waals surface area contributed by atoms with E-state index >= 15 is 0 Å². The third-order valence-corrected chi connectivity index (χ3v) is 3.25. The number of likely N-dealkylation sites (tertiary alicyclic amines) is 1. The highest BCUT2D eigenvalue weighted by molar-refractivity contribution is 5.76. The van der Waals surface area contributed by atoms with Gasteiger partial charge in [-0.3, -0.25) is 4.79 Å². The first-order valence-corrected chi connectivity index (χ1v) is 7.14. The smallest absolute Gasteiger partial charge is 0.223 e. The molecule has 1 saturated heterocycles. The lowest BCUT2D eigenvalue weighted by molar-refractivity contribution is -0.135. The summed E-state index contributed by atoms with van der Waals surface area (Å²) in [5, 5.41) is 0. The van der Waals surface area contributed by atoms with E-state index in [1.54, 1.807) is 12.3 Å². The van der Waals surface area contributed by atoms with Crippen molar-refractivity contribution >= 4 is 5.91 Å². The molecule has 2 heterocycles. The van der Waals surface area contributed by atoms with Crippen LogP contribution in [-0.2, 0) is 4.79 Å². The van der Waals surface area contributed by atoms with Crippen molar-refractivity contribution in [2.75, 3.05) is 13.1 Å². The third-order valence-electron chi connectivity index (χ3n) is 3.25. The maximum Gasteiger partial charge on any atom is 0.223 e. The predicted molar refractivity (Wildman–Crippen MR) is 76.3 cm³/mol. The molecule has 1 aliphatic heterocycles. The number of aromatic nitrogens is 2. The normalized spacial score (nSPS) is 19.8. The molecule has 1 atom stereocenters. The Hall–Kier alpha value is -1.65. The molecule has 1 aliphatic rings. The maximum atomic E-state index is 12.3. The van der Waals surface area contributed by atoms with Crippen LogP contribution in [0.15, 0.2) is 18.6 Å². The van der Waals surface area contributed by atoms with Gasteiger partial charge < -0.3 is 9.64 Å². The second-order valence-electron chi connectivity index (χ2n) is 6.51. The number of carbonyl (C=O) groups is 1. The van der Waals surface area contributed by atoms with E-state index in [1.165, 1.54) is 6.33 Å². The molecule has 2 rings (SSSR count). The number of rotatable bonds is 3. The third kappa shape index (κ3) is 4.47. The van der Waals surface area contributed by atoms with E-state index in [-0.39, 0.29) is 17.4 Å². The highest BCUT2D eigenvalue weighted by Gasteiger charge is 2.27. The Morgan fingerprint density at radius 3 is 2.95 bits per heavy atom. The van der Waals surface area contributed by atoms with Gasteiger partial charge >= 0.3 is 0 Å². The van der Waals surface area contributed by atoms with Gasteiger partial charge in [-0.25, -0.2) is 9.97 Å². The van der Waals surface area contributed by atoms with E-state index in [1.807, 2.05) is 4.90 Å². The van der Waals surface area contributed by atoms with Crippen LogP contribution in [0.1, 0.15) is 40.0 Å². The van der Waals surface area contributed by atoms with Gasteiger partial charge in [0.1, 0.15) is 12.4 Å². The molecule has 110 valence electrons. The lowest BCUT2D eigenvalue weighted by Crippen LogP contribution is -2.45. The Labute approximate surface area is 120 Å². The molecule has 0 bridgehead atoms. The summed E-state index contributed by atoms with van der Waals surface area (Å²) in [6.45, 7) is 7.74. The number of amides is 1. The molecule has 1 aromatic rings. The van der Waals surface area contributed by atoms with Gasteiger partial charge in [0.15, 0.2) is 0 Å². The van der Waals surface area contributed by atoms with Crippen molar-refractivity contribution in [1.82, 2.24) is 14.9 Å². The standard InChI is InChI=1S/C15H23N3O2/c1-15(2,3)9-14(19)18-8-4-5-12(10-18)20-13-6-7-16-11-17-13/h6-7,11-12H,4-5,8-10H2,1-3H3. The minimum Gasteiger partial charge on any atom is -0.472 e. The quantitative estimate of drug-likeness (QED) is 0.850. The zero-order chi connectivity index (χ0) is 14.6. The summed E-state index contributed by atoms with van der Waals surface area (Å²) in [6.07, 6.45) is 5.68. The summed E-state index contributed by atoms with van der Waals surface area (Å²) in [6, 6.07) is 1.75. The summed E-state index contributed by atoms with van der Waals surface area (Å²) in [5.41, 5.74) is 0.0253. The minimum atomic E-state index is 0.0253. The fourth-order valence-corrected chi connectivity index (χ4v) is 2.35. The average molecular weight is 277 g/mol. The number of nitrogens with zero attached hydrogens (tertiary/aromatic N) is 3. The highest BCUT2D eigenvalue weighted by Crippen LogP contribution is 2.22. The first kappa shape index (κ1) is 14.8. The van der Waals surface area contributed by atoms with Crippen LogP contribution in [0.2, 0.25) is 0 Å². The summed E-state index contributed by atoms with van der Waals surface area (Å²) in [4.78, 5) is 22.1. The first-order valence-electron chi connectivity index (χ1n) is 7.14. The second-order valence-corrected chi connectivity index (χ2v) is 6.51. The van der Waals surface area contributed by atoms with Gasteiger partial charge in [-0.05, 0) is 18.3 Å². The maximum absolute atomic E-state index is 12.3. The molecule has 0 radical (unpaired) electrons. The largest absolute Gasteiger partial charge is 0.472 e. The van der Waals surface area contributed by atoms with E-state index in [2.05, 4.69) is 30.7 Å².